The highest BCUT2D eigenvalue weighted by Gasteiger charge is 2.13. The highest BCUT2D eigenvalue weighted by molar-refractivity contribution is 6.01. The quantitative estimate of drug-likeness (QED) is 0.321. The van der Waals surface area contributed by atoms with Gasteiger partial charge in [0.2, 0.25) is 0 Å². The van der Waals surface area contributed by atoms with Crippen LogP contribution in [-0.2, 0) is 0 Å². The van der Waals surface area contributed by atoms with Crippen molar-refractivity contribution in [3.05, 3.63) is 36.0 Å². The molecule has 2 aromatic heterocycles. The van der Waals surface area contributed by atoms with Gasteiger partial charge in [-0.25, -0.2) is 14.6 Å². The Morgan fingerprint density at radius 3 is 3.00 bits per heavy atom. The Morgan fingerprint density at radius 1 is 1.56 bits per heavy atom. The number of oxime groups is 1. The molecular formula is C9H10N6O. The third kappa shape index (κ3) is 1.58. The number of rotatable bonds is 2. The molecule has 0 fully saturated rings. The van der Waals surface area contributed by atoms with Gasteiger partial charge in [0.15, 0.2) is 11.7 Å². The highest BCUT2D eigenvalue weighted by atomic mass is 16.4. The average Bonchev–Trinajstić information content (AvgIpc) is 2.81. The molecule has 0 bridgehead atoms. The maximum atomic E-state index is 8.72. The molecule has 0 saturated heterocycles. The van der Waals surface area contributed by atoms with Crippen molar-refractivity contribution in [1.29, 1.82) is 0 Å². The van der Waals surface area contributed by atoms with E-state index in [0.29, 0.717) is 11.4 Å². The molecule has 0 amide bonds. The Hall–Kier alpha value is -2.44. The van der Waals surface area contributed by atoms with E-state index in [1.165, 1.54) is 17.3 Å². The largest absolute Gasteiger partial charge is 0.409 e. The lowest BCUT2D eigenvalue weighted by atomic mass is 10.1. The number of nitrogens with zero attached hydrogens (tertiary/aromatic N) is 5. The van der Waals surface area contributed by atoms with Crippen molar-refractivity contribution in [2.45, 2.75) is 6.92 Å². The van der Waals surface area contributed by atoms with Crippen LogP contribution in [0.1, 0.15) is 11.1 Å². The number of pyridine rings is 1. The predicted octanol–water partition coefficient (Wildman–Crippen LogP) is 0.0652. The van der Waals surface area contributed by atoms with Crippen LogP contribution in [0.4, 0.5) is 0 Å². The summed E-state index contributed by atoms with van der Waals surface area (Å²) < 4.78 is 1.46. The van der Waals surface area contributed by atoms with E-state index < -0.39 is 0 Å². The summed E-state index contributed by atoms with van der Waals surface area (Å²) in [5.74, 6) is 0.476. The van der Waals surface area contributed by atoms with Crippen LogP contribution in [-0.4, -0.2) is 30.8 Å². The first-order valence-electron chi connectivity index (χ1n) is 4.52. The van der Waals surface area contributed by atoms with Gasteiger partial charge in [0.1, 0.15) is 12.7 Å². The van der Waals surface area contributed by atoms with Crippen LogP contribution in [0.25, 0.3) is 5.82 Å². The SMILES string of the molecule is Cc1ccnc(-n2cncn2)c1/C(N)=N/O. The van der Waals surface area contributed by atoms with Crippen LogP contribution in [0.3, 0.4) is 0 Å². The number of hydrogen-bond donors (Lipinski definition) is 2. The zero-order valence-corrected chi connectivity index (χ0v) is 8.57. The van der Waals surface area contributed by atoms with Gasteiger partial charge in [0, 0.05) is 6.20 Å². The molecule has 3 N–H and O–H groups in total. The minimum absolute atomic E-state index is 0.00361. The summed E-state index contributed by atoms with van der Waals surface area (Å²) in [4.78, 5) is 7.96. The Morgan fingerprint density at radius 2 is 2.38 bits per heavy atom. The smallest absolute Gasteiger partial charge is 0.174 e. The number of aromatic nitrogens is 4. The standard InChI is InChI=1S/C9H10N6O/c1-6-2-3-12-9(7(6)8(10)14-16)15-5-11-4-13-15/h2-5,16H,1H3,(H2,10,14). The maximum absolute atomic E-state index is 8.72. The highest BCUT2D eigenvalue weighted by Crippen LogP contribution is 2.14. The van der Waals surface area contributed by atoms with E-state index in [-0.39, 0.29) is 5.84 Å². The van der Waals surface area contributed by atoms with E-state index >= 15 is 0 Å². The van der Waals surface area contributed by atoms with Gasteiger partial charge in [-0.3, -0.25) is 0 Å². The van der Waals surface area contributed by atoms with Gasteiger partial charge < -0.3 is 10.9 Å². The van der Waals surface area contributed by atoms with Gasteiger partial charge in [-0.15, -0.1) is 0 Å². The summed E-state index contributed by atoms with van der Waals surface area (Å²) in [6.07, 6.45) is 4.51. The van der Waals surface area contributed by atoms with Crippen molar-refractivity contribution in [3.8, 4) is 5.82 Å². The number of hydrogen-bond acceptors (Lipinski definition) is 5. The van der Waals surface area contributed by atoms with Crippen molar-refractivity contribution in [2.75, 3.05) is 0 Å². The molecule has 0 aromatic carbocycles. The first-order valence-corrected chi connectivity index (χ1v) is 4.52. The third-order valence-corrected chi connectivity index (χ3v) is 2.14. The van der Waals surface area contributed by atoms with Crippen molar-refractivity contribution in [3.63, 3.8) is 0 Å². The van der Waals surface area contributed by atoms with Crippen molar-refractivity contribution < 1.29 is 5.21 Å². The predicted molar refractivity (Wildman–Crippen MR) is 56.4 cm³/mol. The van der Waals surface area contributed by atoms with Gasteiger partial charge in [0.05, 0.1) is 5.56 Å². The summed E-state index contributed by atoms with van der Waals surface area (Å²) >= 11 is 0. The van der Waals surface area contributed by atoms with Gasteiger partial charge in [-0.1, -0.05) is 5.16 Å². The van der Waals surface area contributed by atoms with Crippen LogP contribution in [0.2, 0.25) is 0 Å². The molecule has 0 saturated carbocycles. The van der Waals surface area contributed by atoms with Crippen molar-refractivity contribution in [2.24, 2.45) is 10.9 Å². The molecule has 82 valence electrons. The zero-order valence-electron chi connectivity index (χ0n) is 8.57. The second-order valence-corrected chi connectivity index (χ2v) is 3.15. The average molecular weight is 218 g/mol. The van der Waals surface area contributed by atoms with E-state index in [9.17, 15) is 0 Å². The van der Waals surface area contributed by atoms with E-state index in [0.717, 1.165) is 5.56 Å². The molecule has 2 aromatic rings. The molecule has 7 nitrogen and oxygen atoms in total. The maximum Gasteiger partial charge on any atom is 0.174 e. The molecule has 2 rings (SSSR count). The molecule has 7 heteroatoms. The summed E-state index contributed by atoms with van der Waals surface area (Å²) in [6, 6.07) is 1.77. The van der Waals surface area contributed by atoms with Crippen LogP contribution in [0.15, 0.2) is 30.1 Å². The number of nitrogens with two attached hydrogens (primary N) is 1. The number of amidine groups is 1. The molecule has 0 aliphatic rings. The first kappa shape index (κ1) is 10.1. The van der Waals surface area contributed by atoms with Crippen LogP contribution < -0.4 is 5.73 Å². The monoisotopic (exact) mass is 218 g/mol. The summed E-state index contributed by atoms with van der Waals surface area (Å²) in [5, 5.41) is 15.7. The molecule has 0 unspecified atom stereocenters. The molecule has 0 atom stereocenters. The lowest BCUT2D eigenvalue weighted by Gasteiger charge is -2.08. The minimum Gasteiger partial charge on any atom is -0.409 e. The Bertz CT molecular complexity index is 519. The number of aryl methyl sites for hydroxylation is 1. The van der Waals surface area contributed by atoms with Crippen LogP contribution >= 0.6 is 0 Å². The molecule has 2 heterocycles. The van der Waals surface area contributed by atoms with Gasteiger partial charge in [-0.2, -0.15) is 5.10 Å². The Balaban J connectivity index is 2.67. The minimum atomic E-state index is -0.00361. The van der Waals surface area contributed by atoms with Crippen molar-refractivity contribution >= 4 is 5.84 Å². The lowest BCUT2D eigenvalue weighted by molar-refractivity contribution is 0.318. The fraction of sp³-hybridized carbons (Fsp3) is 0.111. The Kier molecular flexibility index (Phi) is 2.50. The summed E-state index contributed by atoms with van der Waals surface area (Å²) in [7, 11) is 0. The van der Waals surface area contributed by atoms with Crippen LogP contribution in [0.5, 0.6) is 0 Å². The molecule has 0 aliphatic heterocycles. The van der Waals surface area contributed by atoms with E-state index in [2.05, 4.69) is 20.2 Å². The summed E-state index contributed by atoms with van der Waals surface area (Å²) in [5.41, 5.74) is 6.98. The first-order chi connectivity index (χ1) is 7.74. The van der Waals surface area contributed by atoms with Gasteiger partial charge >= 0.3 is 0 Å². The molecular weight excluding hydrogens is 208 g/mol. The zero-order chi connectivity index (χ0) is 11.5. The van der Waals surface area contributed by atoms with Gasteiger partial charge in [-0.05, 0) is 18.6 Å². The molecule has 16 heavy (non-hydrogen) atoms. The Labute approximate surface area is 91.2 Å². The third-order valence-electron chi connectivity index (χ3n) is 2.14. The molecule has 0 aliphatic carbocycles. The van der Waals surface area contributed by atoms with E-state index in [1.807, 2.05) is 6.92 Å². The lowest BCUT2D eigenvalue weighted by Crippen LogP contribution is -2.19. The topological polar surface area (TPSA) is 102 Å². The second-order valence-electron chi connectivity index (χ2n) is 3.15. The van der Waals surface area contributed by atoms with Crippen molar-refractivity contribution in [1.82, 2.24) is 19.7 Å². The van der Waals surface area contributed by atoms with Crippen LogP contribution in [0, 0.1) is 6.92 Å². The molecule has 0 radical (unpaired) electrons. The normalized spacial score (nSPS) is 11.7. The van der Waals surface area contributed by atoms with E-state index in [1.54, 1.807) is 12.3 Å². The van der Waals surface area contributed by atoms with Gasteiger partial charge in [0.25, 0.3) is 0 Å². The second kappa shape index (κ2) is 3.97. The molecule has 0 spiro atoms. The fourth-order valence-electron chi connectivity index (χ4n) is 1.40. The fourth-order valence-corrected chi connectivity index (χ4v) is 1.40. The van der Waals surface area contributed by atoms with E-state index in [4.69, 9.17) is 10.9 Å². The summed E-state index contributed by atoms with van der Waals surface area (Å²) in [6.45, 7) is 1.84.